The number of hydrogen-bond donors (Lipinski definition) is 0. The summed E-state index contributed by atoms with van der Waals surface area (Å²) in [6.07, 6.45) is 8.02. The third-order valence-electron chi connectivity index (χ3n) is 1.34. The lowest BCUT2D eigenvalue weighted by molar-refractivity contribution is 0.692. The first-order valence-electron chi connectivity index (χ1n) is 6.29. The van der Waals surface area contributed by atoms with Crippen LogP contribution in [-0.2, 0) is 0 Å². The highest BCUT2D eigenvalue weighted by molar-refractivity contribution is 5.68. The van der Waals surface area contributed by atoms with Crippen LogP contribution in [0.2, 0.25) is 0 Å². The van der Waals surface area contributed by atoms with E-state index < -0.39 is 0 Å². The van der Waals surface area contributed by atoms with Crippen molar-refractivity contribution in [3.63, 3.8) is 0 Å². The van der Waals surface area contributed by atoms with Gasteiger partial charge in [0, 0.05) is 17.8 Å². The molecule has 0 rings (SSSR count). The maximum absolute atomic E-state index is 4.22. The van der Waals surface area contributed by atoms with Crippen molar-refractivity contribution in [3.8, 4) is 0 Å². The maximum atomic E-state index is 4.22. The first-order chi connectivity index (χ1) is 7.48. The van der Waals surface area contributed by atoms with Gasteiger partial charge in [0.1, 0.15) is 0 Å². The summed E-state index contributed by atoms with van der Waals surface area (Å²) in [6, 6.07) is 0. The van der Waals surface area contributed by atoms with E-state index in [0.717, 1.165) is 0 Å². The molecule has 0 fully saturated rings. The zero-order valence-corrected chi connectivity index (χ0v) is 12.8. The molecular weight excluding hydrogens is 194 g/mol. The highest BCUT2D eigenvalue weighted by Crippen LogP contribution is 2.13. The fraction of sp³-hybridized carbons (Fsp3) is 0.667. The van der Waals surface area contributed by atoms with Crippen LogP contribution in [-0.4, -0.2) is 6.21 Å². The molecule has 0 saturated heterocycles. The van der Waals surface area contributed by atoms with Crippen molar-refractivity contribution >= 4 is 6.21 Å². The van der Waals surface area contributed by atoms with Crippen molar-refractivity contribution < 1.29 is 0 Å². The minimum atomic E-state index is 0.0701. The summed E-state index contributed by atoms with van der Waals surface area (Å²) in [4.78, 5) is 4.22. The third kappa shape index (κ3) is 18.8. The van der Waals surface area contributed by atoms with E-state index in [1.165, 1.54) is 5.57 Å². The molecule has 0 amide bonds. The van der Waals surface area contributed by atoms with Gasteiger partial charge in [0.2, 0.25) is 0 Å². The minimum absolute atomic E-state index is 0.0701. The van der Waals surface area contributed by atoms with Gasteiger partial charge in [-0.05, 0) is 20.8 Å². The van der Waals surface area contributed by atoms with Gasteiger partial charge < -0.3 is 0 Å². The predicted molar refractivity (Wildman–Crippen MR) is 79.2 cm³/mol. The molecule has 0 atom stereocenters. The number of hydrogen-bond acceptors (Lipinski definition) is 1. The lowest BCUT2D eigenvalue weighted by atomic mass is 9.95. The maximum Gasteiger partial charge on any atom is 0.0250 e. The van der Waals surface area contributed by atoms with Gasteiger partial charge in [-0.25, -0.2) is 0 Å². The molecule has 0 aliphatic carbocycles. The summed E-state index contributed by atoms with van der Waals surface area (Å²) in [7, 11) is 0. The predicted octanol–water partition coefficient (Wildman–Crippen LogP) is 5.64. The van der Waals surface area contributed by atoms with E-state index in [9.17, 15) is 0 Å². The van der Waals surface area contributed by atoms with Crippen molar-refractivity contribution in [1.29, 1.82) is 0 Å². The Hall–Kier alpha value is -0.850. The molecule has 0 aromatic heterocycles. The molecule has 0 aromatic rings. The number of allylic oxidation sites excluding steroid dienone is 3. The van der Waals surface area contributed by atoms with Gasteiger partial charge in [-0.15, -0.1) is 0 Å². The minimum Gasteiger partial charge on any atom is -0.268 e. The molecule has 0 aromatic carbocycles. The topological polar surface area (TPSA) is 12.4 Å². The molecule has 0 unspecified atom stereocenters. The average molecular weight is 225 g/mol. The van der Waals surface area contributed by atoms with Crippen molar-refractivity contribution in [2.45, 2.75) is 62.3 Å². The Morgan fingerprint density at radius 3 is 1.75 bits per heavy atom. The van der Waals surface area contributed by atoms with Crippen LogP contribution < -0.4 is 0 Å². The molecule has 0 saturated carbocycles. The highest BCUT2D eigenvalue weighted by atomic mass is 14.7. The summed E-state index contributed by atoms with van der Waals surface area (Å²) in [6.45, 7) is 18.4. The van der Waals surface area contributed by atoms with Gasteiger partial charge in [0.05, 0.1) is 0 Å². The summed E-state index contributed by atoms with van der Waals surface area (Å²) >= 11 is 0. The van der Waals surface area contributed by atoms with Crippen molar-refractivity contribution in [1.82, 2.24) is 0 Å². The smallest absolute Gasteiger partial charge is 0.0250 e. The second-order valence-corrected chi connectivity index (χ2v) is 3.81. The number of aliphatic imine (C=N–C) groups is 1. The molecule has 1 heteroatoms. The Morgan fingerprint density at radius 2 is 1.44 bits per heavy atom. The van der Waals surface area contributed by atoms with Crippen LogP contribution in [0.1, 0.15) is 62.3 Å². The highest BCUT2D eigenvalue weighted by Gasteiger charge is 2.07. The van der Waals surface area contributed by atoms with Crippen molar-refractivity contribution in [3.05, 3.63) is 23.9 Å². The van der Waals surface area contributed by atoms with Gasteiger partial charge >= 0.3 is 0 Å². The summed E-state index contributed by atoms with van der Waals surface area (Å²) in [5.41, 5.74) is 1.29. The Bertz CT molecular complexity index is 203. The second kappa shape index (κ2) is 14.2. The van der Waals surface area contributed by atoms with Crippen molar-refractivity contribution in [2.75, 3.05) is 0 Å². The number of nitrogens with zero attached hydrogens (tertiary/aromatic N) is 1. The van der Waals surface area contributed by atoms with E-state index in [1.807, 2.05) is 60.9 Å². The molecule has 0 radical (unpaired) electrons. The first kappa shape index (κ1) is 20.5. The van der Waals surface area contributed by atoms with Crippen LogP contribution in [0.5, 0.6) is 0 Å². The molecule has 0 bridgehead atoms. The standard InChI is InChI=1S/C11H19N.2C2H6/c1-6-7-11(4,5)9-12-8-10(2)3;2*1-2/h6-9H,1-5H3;2*1-2H3/b7-6-,12-9?;;. The molecule has 1 nitrogen and oxygen atoms in total. The Labute approximate surface area is 103 Å². The molecule has 0 heterocycles. The van der Waals surface area contributed by atoms with E-state index in [-0.39, 0.29) is 5.41 Å². The molecule has 0 aliphatic heterocycles. The van der Waals surface area contributed by atoms with Crippen molar-refractivity contribution in [2.24, 2.45) is 10.4 Å². The lowest BCUT2D eigenvalue weighted by Gasteiger charge is -2.11. The van der Waals surface area contributed by atoms with Crippen LogP contribution in [0.3, 0.4) is 0 Å². The van der Waals surface area contributed by atoms with Gasteiger partial charge in [0.15, 0.2) is 0 Å². The SMILES string of the molecule is C/C=C\C(C)(C)C=NC=C(C)C.CC.CC. The van der Waals surface area contributed by atoms with Gasteiger partial charge in [-0.1, -0.05) is 59.3 Å². The van der Waals surface area contributed by atoms with Gasteiger partial charge in [0.25, 0.3) is 0 Å². The largest absolute Gasteiger partial charge is 0.268 e. The Kier molecular flexibility index (Phi) is 18.2. The van der Waals surface area contributed by atoms with Crippen LogP contribution >= 0.6 is 0 Å². The first-order valence-corrected chi connectivity index (χ1v) is 6.29. The number of rotatable bonds is 3. The third-order valence-corrected chi connectivity index (χ3v) is 1.34. The van der Waals surface area contributed by atoms with Crippen LogP contribution in [0.4, 0.5) is 0 Å². The van der Waals surface area contributed by atoms with Gasteiger partial charge in [-0.3, -0.25) is 4.99 Å². The fourth-order valence-corrected chi connectivity index (χ4v) is 0.851. The zero-order valence-electron chi connectivity index (χ0n) is 12.8. The van der Waals surface area contributed by atoms with Gasteiger partial charge in [-0.2, -0.15) is 0 Å². The zero-order chi connectivity index (χ0) is 13.6. The summed E-state index contributed by atoms with van der Waals surface area (Å²) < 4.78 is 0. The van der Waals surface area contributed by atoms with E-state index in [4.69, 9.17) is 0 Å². The van der Waals surface area contributed by atoms with Crippen LogP contribution in [0.15, 0.2) is 28.9 Å². The monoisotopic (exact) mass is 225 g/mol. The normalized spacial score (nSPS) is 10.3. The second-order valence-electron chi connectivity index (χ2n) is 3.81. The quantitative estimate of drug-likeness (QED) is 0.435. The molecular formula is C15H31N. The fourth-order valence-electron chi connectivity index (χ4n) is 0.851. The molecule has 0 N–H and O–H groups in total. The lowest BCUT2D eigenvalue weighted by Crippen LogP contribution is -2.08. The summed E-state index contributed by atoms with van der Waals surface area (Å²) in [5.74, 6) is 0. The Morgan fingerprint density at radius 1 is 1.00 bits per heavy atom. The molecule has 96 valence electrons. The van der Waals surface area contributed by atoms with E-state index in [2.05, 4.69) is 31.0 Å². The average Bonchev–Trinajstić information content (AvgIpc) is 2.22. The summed E-state index contributed by atoms with van der Waals surface area (Å²) in [5, 5.41) is 0. The van der Waals surface area contributed by atoms with Crippen LogP contribution in [0, 0.1) is 5.41 Å². The molecule has 0 spiro atoms. The Balaban J connectivity index is -0.000000376. The van der Waals surface area contributed by atoms with Crippen LogP contribution in [0.25, 0.3) is 0 Å². The van der Waals surface area contributed by atoms with E-state index >= 15 is 0 Å². The molecule has 0 aliphatic rings. The molecule has 16 heavy (non-hydrogen) atoms. The van der Waals surface area contributed by atoms with E-state index in [0.29, 0.717) is 0 Å². The van der Waals surface area contributed by atoms with E-state index in [1.54, 1.807) is 0 Å².